The molecule has 12 nitrogen and oxygen atoms in total. The van der Waals surface area contributed by atoms with Crippen molar-refractivity contribution in [1.82, 2.24) is 0 Å². The molecule has 3 fully saturated rings. The molecule has 0 N–H and O–H groups in total. The molecule has 4 aliphatic rings. The minimum absolute atomic E-state index is 0.0630. The van der Waals surface area contributed by atoms with Crippen molar-refractivity contribution in [2.24, 2.45) is 34.5 Å². The summed E-state index contributed by atoms with van der Waals surface area (Å²) in [4.78, 5) is 71.8. The third-order valence-corrected chi connectivity index (χ3v) is 11.1. The Morgan fingerprint density at radius 3 is 2.21 bits per heavy atom. The van der Waals surface area contributed by atoms with Crippen LogP contribution in [0, 0.1) is 34.5 Å². The Morgan fingerprint density at radius 2 is 1.53 bits per heavy atom. The summed E-state index contributed by atoms with van der Waals surface area (Å²) in [7, 11) is 0. The summed E-state index contributed by atoms with van der Waals surface area (Å²) in [5, 5.41) is 0. The molecule has 0 amide bonds. The third-order valence-electron chi connectivity index (χ3n) is 11.1. The number of rotatable bonds is 12. The van der Waals surface area contributed by atoms with E-state index in [0.717, 1.165) is 51.4 Å². The topological polar surface area (TPSA) is 158 Å². The number of carbonyl (C=O) groups is 6. The zero-order chi connectivity index (χ0) is 34.4. The Kier molecular flexibility index (Phi) is 12.1. The molecule has 1 unspecified atom stereocenters. The molecular formula is C35H50O12. The lowest BCUT2D eigenvalue weighted by molar-refractivity contribution is -0.166. The van der Waals surface area contributed by atoms with Gasteiger partial charge in [0.2, 0.25) is 6.79 Å². The van der Waals surface area contributed by atoms with Crippen LogP contribution < -0.4 is 0 Å². The van der Waals surface area contributed by atoms with E-state index in [1.807, 2.05) is 6.08 Å². The molecule has 0 saturated heterocycles. The monoisotopic (exact) mass is 662 g/mol. The molecule has 0 radical (unpaired) electrons. The fourth-order valence-corrected chi connectivity index (χ4v) is 8.48. The van der Waals surface area contributed by atoms with E-state index < -0.39 is 48.8 Å². The molecule has 0 spiro atoms. The molecule has 0 aromatic heterocycles. The number of carbonyl (C=O) groups excluding carboxylic acids is 6. The number of esters is 4. The summed E-state index contributed by atoms with van der Waals surface area (Å²) < 4.78 is 31.0. The molecule has 0 aromatic carbocycles. The van der Waals surface area contributed by atoms with E-state index in [2.05, 4.69) is 13.8 Å². The van der Waals surface area contributed by atoms with Gasteiger partial charge in [-0.1, -0.05) is 26.3 Å². The highest BCUT2D eigenvalue weighted by Crippen LogP contribution is 2.62. The molecule has 4 aliphatic carbocycles. The van der Waals surface area contributed by atoms with Gasteiger partial charge in [-0.15, -0.1) is 0 Å². The lowest BCUT2D eigenvalue weighted by Gasteiger charge is -2.42. The highest BCUT2D eigenvalue weighted by atomic mass is 16.8. The Hall–Kier alpha value is -3.44. The van der Waals surface area contributed by atoms with E-state index in [4.69, 9.17) is 28.4 Å². The highest BCUT2D eigenvalue weighted by molar-refractivity contribution is 5.91. The minimum Gasteiger partial charge on any atom is -0.462 e. The lowest BCUT2D eigenvalue weighted by Crippen LogP contribution is -2.38. The van der Waals surface area contributed by atoms with Gasteiger partial charge >= 0.3 is 30.0 Å². The SMILES string of the molecule is CC(=O)OCC(COC(C)=O)OC(=O)CC(C)CC(=O)OCOC(=O)O[C@H]1CC[C@H]2[C@@H]3CCC4=CC(=O)CC[C@]4(C)[C@@H](CC[C@]12C)C3. The van der Waals surface area contributed by atoms with Crippen molar-refractivity contribution in [3.05, 3.63) is 11.6 Å². The Balaban J connectivity index is 1.20. The van der Waals surface area contributed by atoms with E-state index in [1.165, 1.54) is 19.4 Å². The van der Waals surface area contributed by atoms with Crippen molar-refractivity contribution < 1.29 is 57.2 Å². The summed E-state index contributed by atoms with van der Waals surface area (Å²) in [5.41, 5.74) is 1.23. The van der Waals surface area contributed by atoms with Crippen LogP contribution in [0.2, 0.25) is 0 Å². The second kappa shape index (κ2) is 15.6. The van der Waals surface area contributed by atoms with Gasteiger partial charge in [0.25, 0.3) is 0 Å². The van der Waals surface area contributed by atoms with Gasteiger partial charge in [0.1, 0.15) is 19.3 Å². The average Bonchev–Trinajstić information content (AvgIpc) is 3.12. The van der Waals surface area contributed by atoms with E-state index in [0.29, 0.717) is 24.2 Å². The quantitative estimate of drug-likeness (QED) is 0.149. The first-order valence-corrected chi connectivity index (χ1v) is 16.9. The number of hydrogen-bond acceptors (Lipinski definition) is 12. The second-order valence-electron chi connectivity index (χ2n) is 14.4. The number of allylic oxidation sites excluding steroid dienone is 2. The van der Waals surface area contributed by atoms with Crippen LogP contribution in [0.1, 0.15) is 105 Å². The van der Waals surface area contributed by atoms with Gasteiger partial charge in [-0.25, -0.2) is 4.79 Å². The summed E-state index contributed by atoms with van der Waals surface area (Å²) in [6.45, 7) is 7.47. The van der Waals surface area contributed by atoms with Gasteiger partial charge in [-0.2, -0.15) is 0 Å². The Bertz CT molecular complexity index is 1220. The third kappa shape index (κ3) is 9.34. The van der Waals surface area contributed by atoms with Crippen molar-refractivity contribution in [2.75, 3.05) is 20.0 Å². The van der Waals surface area contributed by atoms with Crippen molar-refractivity contribution in [1.29, 1.82) is 0 Å². The summed E-state index contributed by atoms with van der Waals surface area (Å²) >= 11 is 0. The molecule has 7 atom stereocenters. The fourth-order valence-electron chi connectivity index (χ4n) is 8.48. The predicted molar refractivity (Wildman–Crippen MR) is 165 cm³/mol. The average molecular weight is 663 g/mol. The Morgan fingerprint density at radius 1 is 0.851 bits per heavy atom. The maximum absolute atomic E-state index is 12.7. The smallest absolute Gasteiger partial charge is 0.462 e. The summed E-state index contributed by atoms with van der Waals surface area (Å²) in [5.74, 6) is -1.25. The van der Waals surface area contributed by atoms with Crippen molar-refractivity contribution in [2.45, 2.75) is 117 Å². The molecule has 47 heavy (non-hydrogen) atoms. The van der Waals surface area contributed by atoms with Crippen LogP contribution in [-0.2, 0) is 52.4 Å². The molecule has 0 aromatic rings. The maximum atomic E-state index is 12.7. The number of ketones is 1. The first-order valence-electron chi connectivity index (χ1n) is 16.9. The van der Waals surface area contributed by atoms with Crippen LogP contribution in [0.5, 0.6) is 0 Å². The predicted octanol–water partition coefficient (Wildman–Crippen LogP) is 5.39. The van der Waals surface area contributed by atoms with E-state index in [-0.39, 0.29) is 48.8 Å². The van der Waals surface area contributed by atoms with Gasteiger partial charge in [0, 0.05) is 38.5 Å². The first kappa shape index (κ1) is 36.4. The zero-order valence-corrected chi connectivity index (χ0v) is 28.3. The Labute approximate surface area is 276 Å². The van der Waals surface area contributed by atoms with Gasteiger partial charge in [0.15, 0.2) is 11.9 Å². The number of fused-ring (bicyclic) bond motifs is 6. The lowest BCUT2D eigenvalue weighted by atomic mass is 9.63. The van der Waals surface area contributed by atoms with E-state index in [1.54, 1.807) is 6.92 Å². The van der Waals surface area contributed by atoms with Crippen LogP contribution in [0.3, 0.4) is 0 Å². The first-order chi connectivity index (χ1) is 22.2. The molecule has 262 valence electrons. The standard InChI is InChI=1S/C35H50O12/c1-21(15-32(40)46-28(18-42-22(2)36)19-43-23(3)37)14-31(39)44-20-45-33(41)47-30-9-8-29-24-6-7-25-17-27(38)11-13-34(25,4)26(16-24)10-12-35(29,30)5/h17,21,24,26,28-30H,6-16,18-20H2,1-5H3/t21?,24-,26+,29+,30+,34+,35+/m1/s1. The van der Waals surface area contributed by atoms with Crippen LogP contribution in [0.25, 0.3) is 0 Å². The van der Waals surface area contributed by atoms with Gasteiger partial charge in [-0.05, 0) is 86.5 Å². The normalized spacial score (nSPS) is 30.3. The van der Waals surface area contributed by atoms with E-state index >= 15 is 0 Å². The summed E-state index contributed by atoms with van der Waals surface area (Å²) in [6.07, 6.45) is 7.90. The molecule has 12 heteroatoms. The van der Waals surface area contributed by atoms with Crippen LogP contribution in [0.15, 0.2) is 11.6 Å². The van der Waals surface area contributed by atoms with Gasteiger partial charge in [-0.3, -0.25) is 24.0 Å². The zero-order valence-electron chi connectivity index (χ0n) is 28.3. The highest BCUT2D eigenvalue weighted by Gasteiger charge is 2.56. The molecule has 3 saturated carbocycles. The number of ether oxygens (including phenoxy) is 6. The molecule has 4 rings (SSSR count). The van der Waals surface area contributed by atoms with Crippen molar-refractivity contribution >= 4 is 35.8 Å². The minimum atomic E-state index is -0.981. The van der Waals surface area contributed by atoms with Crippen molar-refractivity contribution in [3.8, 4) is 0 Å². The fraction of sp³-hybridized carbons (Fsp3) is 0.771. The maximum Gasteiger partial charge on any atom is 0.511 e. The largest absolute Gasteiger partial charge is 0.511 e. The van der Waals surface area contributed by atoms with Crippen LogP contribution >= 0.6 is 0 Å². The van der Waals surface area contributed by atoms with Crippen LogP contribution in [-0.4, -0.2) is 68.0 Å². The van der Waals surface area contributed by atoms with Gasteiger partial charge < -0.3 is 28.4 Å². The second-order valence-corrected chi connectivity index (χ2v) is 14.4. The van der Waals surface area contributed by atoms with Crippen LogP contribution in [0.4, 0.5) is 4.79 Å². The molecular weight excluding hydrogens is 612 g/mol. The molecule has 2 bridgehead atoms. The molecule has 0 heterocycles. The number of hydrogen-bond donors (Lipinski definition) is 0. The molecule has 0 aliphatic heterocycles. The van der Waals surface area contributed by atoms with Gasteiger partial charge in [0.05, 0.1) is 0 Å². The van der Waals surface area contributed by atoms with E-state index in [9.17, 15) is 28.8 Å². The van der Waals surface area contributed by atoms with Crippen molar-refractivity contribution in [3.63, 3.8) is 0 Å². The summed E-state index contributed by atoms with van der Waals surface area (Å²) in [6, 6.07) is 0.